The highest BCUT2D eigenvalue weighted by Gasteiger charge is 2.37. The fourth-order valence-electron chi connectivity index (χ4n) is 2.65. The average molecular weight is 210 g/mol. The van der Waals surface area contributed by atoms with Crippen LogP contribution in [-0.2, 0) is 5.66 Å². The van der Waals surface area contributed by atoms with Crippen LogP contribution in [-0.4, -0.2) is 0 Å². The van der Waals surface area contributed by atoms with Crippen LogP contribution >= 0.6 is 0 Å². The Labute approximate surface area is 94.9 Å². The van der Waals surface area contributed by atoms with Gasteiger partial charge >= 0.3 is 0 Å². The molecule has 0 spiro atoms. The van der Waals surface area contributed by atoms with Crippen molar-refractivity contribution < 1.29 is 0 Å². The van der Waals surface area contributed by atoms with Crippen LogP contribution in [0.5, 0.6) is 0 Å². The van der Waals surface area contributed by atoms with Crippen molar-refractivity contribution in [2.24, 2.45) is 11.5 Å². The van der Waals surface area contributed by atoms with E-state index in [2.05, 4.69) is 25.1 Å². The zero-order chi connectivity index (χ0) is 11.3. The molecule has 3 rings (SSSR count). The van der Waals surface area contributed by atoms with Crippen LogP contribution in [0.2, 0.25) is 0 Å². The number of hydrogen-bond acceptors (Lipinski definition) is 2. The second-order valence-corrected chi connectivity index (χ2v) is 4.41. The van der Waals surface area contributed by atoms with Gasteiger partial charge in [-0.15, -0.1) is 0 Å². The summed E-state index contributed by atoms with van der Waals surface area (Å²) < 4.78 is 0. The van der Waals surface area contributed by atoms with Crippen LogP contribution in [0.25, 0.3) is 11.1 Å². The quantitative estimate of drug-likeness (QED) is 0.654. The maximum absolute atomic E-state index is 6.28. The second-order valence-electron chi connectivity index (χ2n) is 4.41. The van der Waals surface area contributed by atoms with Gasteiger partial charge in [0.2, 0.25) is 0 Å². The Morgan fingerprint density at radius 2 is 1.56 bits per heavy atom. The van der Waals surface area contributed by atoms with Gasteiger partial charge in [0, 0.05) is 5.56 Å². The molecule has 4 N–H and O–H groups in total. The first-order valence-corrected chi connectivity index (χ1v) is 5.40. The van der Waals surface area contributed by atoms with Crippen molar-refractivity contribution in [1.82, 2.24) is 0 Å². The van der Waals surface area contributed by atoms with E-state index in [1.165, 1.54) is 5.56 Å². The van der Waals surface area contributed by atoms with E-state index in [1.54, 1.807) is 0 Å². The van der Waals surface area contributed by atoms with Gasteiger partial charge in [-0.2, -0.15) is 0 Å². The lowest BCUT2D eigenvalue weighted by Gasteiger charge is -2.22. The van der Waals surface area contributed by atoms with E-state index >= 15 is 0 Å². The molecule has 0 fully saturated rings. The van der Waals surface area contributed by atoms with Crippen LogP contribution in [0, 0.1) is 6.92 Å². The number of fused-ring (bicyclic) bond motifs is 3. The van der Waals surface area contributed by atoms with Gasteiger partial charge in [0.25, 0.3) is 0 Å². The molecule has 0 heterocycles. The molecule has 0 saturated heterocycles. The van der Waals surface area contributed by atoms with E-state index in [4.69, 9.17) is 11.5 Å². The third kappa shape index (κ3) is 1.03. The molecule has 0 bridgehead atoms. The Kier molecular flexibility index (Phi) is 1.76. The molecule has 16 heavy (non-hydrogen) atoms. The maximum atomic E-state index is 6.28. The summed E-state index contributed by atoms with van der Waals surface area (Å²) in [7, 11) is 0. The lowest BCUT2D eigenvalue weighted by Crippen LogP contribution is -2.45. The normalized spacial score (nSPS) is 15.7. The summed E-state index contributed by atoms with van der Waals surface area (Å²) >= 11 is 0. The van der Waals surface area contributed by atoms with Crippen molar-refractivity contribution in [3.63, 3.8) is 0 Å². The molecule has 0 radical (unpaired) electrons. The minimum atomic E-state index is -0.850. The summed E-state index contributed by atoms with van der Waals surface area (Å²) in [4.78, 5) is 0. The summed E-state index contributed by atoms with van der Waals surface area (Å²) in [5.74, 6) is 0. The predicted octanol–water partition coefficient (Wildman–Crippen LogP) is 2.09. The summed E-state index contributed by atoms with van der Waals surface area (Å²) in [6, 6.07) is 14.3. The first-order chi connectivity index (χ1) is 7.62. The number of rotatable bonds is 0. The smallest absolute Gasteiger partial charge is 0.118 e. The molecule has 0 atom stereocenters. The third-order valence-corrected chi connectivity index (χ3v) is 3.35. The topological polar surface area (TPSA) is 52.0 Å². The van der Waals surface area contributed by atoms with Gasteiger partial charge in [0.1, 0.15) is 5.66 Å². The summed E-state index contributed by atoms with van der Waals surface area (Å²) in [6.45, 7) is 2.05. The van der Waals surface area contributed by atoms with Gasteiger partial charge in [-0.1, -0.05) is 42.5 Å². The van der Waals surface area contributed by atoms with Crippen molar-refractivity contribution in [1.29, 1.82) is 0 Å². The van der Waals surface area contributed by atoms with Crippen molar-refractivity contribution in [3.8, 4) is 11.1 Å². The number of benzene rings is 2. The molecule has 2 nitrogen and oxygen atoms in total. The maximum Gasteiger partial charge on any atom is 0.118 e. The fraction of sp³-hybridized carbons (Fsp3) is 0.143. The monoisotopic (exact) mass is 210 g/mol. The van der Waals surface area contributed by atoms with Crippen LogP contribution in [0.3, 0.4) is 0 Å². The molecule has 80 valence electrons. The average Bonchev–Trinajstić information content (AvgIpc) is 2.50. The summed E-state index contributed by atoms with van der Waals surface area (Å²) in [5, 5.41) is 0. The molecule has 2 aromatic rings. The van der Waals surface area contributed by atoms with Gasteiger partial charge in [-0.05, 0) is 29.2 Å². The number of nitrogens with two attached hydrogens (primary N) is 2. The van der Waals surface area contributed by atoms with Gasteiger partial charge in [0.15, 0.2) is 0 Å². The minimum Gasteiger partial charge on any atom is -0.306 e. The van der Waals surface area contributed by atoms with E-state index in [9.17, 15) is 0 Å². The molecule has 0 saturated carbocycles. The van der Waals surface area contributed by atoms with Crippen LogP contribution < -0.4 is 11.5 Å². The van der Waals surface area contributed by atoms with Gasteiger partial charge in [-0.3, -0.25) is 0 Å². The third-order valence-electron chi connectivity index (χ3n) is 3.35. The number of hydrogen-bond donors (Lipinski definition) is 2. The molecule has 1 aliphatic rings. The first kappa shape index (κ1) is 9.58. The molecule has 2 heteroatoms. The highest BCUT2D eigenvalue weighted by atomic mass is 15.0. The molecule has 0 amide bonds. The summed E-state index contributed by atoms with van der Waals surface area (Å²) in [6.07, 6.45) is 0. The zero-order valence-electron chi connectivity index (χ0n) is 9.20. The largest absolute Gasteiger partial charge is 0.306 e. The van der Waals surface area contributed by atoms with Gasteiger partial charge in [0.05, 0.1) is 0 Å². The Morgan fingerprint density at radius 3 is 2.38 bits per heavy atom. The predicted molar refractivity (Wildman–Crippen MR) is 65.8 cm³/mol. The molecule has 1 aliphatic carbocycles. The fourth-order valence-corrected chi connectivity index (χ4v) is 2.65. The van der Waals surface area contributed by atoms with E-state index in [1.807, 2.05) is 24.3 Å². The molecule has 0 unspecified atom stereocenters. The van der Waals surface area contributed by atoms with E-state index in [0.29, 0.717) is 0 Å². The Hall–Kier alpha value is -1.64. The van der Waals surface area contributed by atoms with Crippen molar-refractivity contribution in [2.75, 3.05) is 0 Å². The van der Waals surface area contributed by atoms with Crippen LogP contribution in [0.15, 0.2) is 42.5 Å². The Bertz CT molecular complexity index is 571. The van der Waals surface area contributed by atoms with Crippen molar-refractivity contribution >= 4 is 0 Å². The Balaban J connectivity index is 2.44. The Morgan fingerprint density at radius 1 is 0.875 bits per heavy atom. The molecular formula is C14H14N2. The highest BCUT2D eigenvalue weighted by Crippen LogP contribution is 2.44. The second kappa shape index (κ2) is 2.94. The standard InChI is InChI=1S/C14H14N2/c1-9-5-4-7-11-10-6-2-3-8-12(10)14(15,16)13(9)11/h2-8H,15-16H2,1H3. The van der Waals surface area contributed by atoms with Gasteiger partial charge in [-0.25, -0.2) is 0 Å². The van der Waals surface area contributed by atoms with Crippen molar-refractivity contribution in [2.45, 2.75) is 12.6 Å². The first-order valence-electron chi connectivity index (χ1n) is 5.40. The van der Waals surface area contributed by atoms with E-state index < -0.39 is 5.66 Å². The number of aryl methyl sites for hydroxylation is 1. The molecule has 2 aromatic carbocycles. The van der Waals surface area contributed by atoms with Crippen molar-refractivity contribution in [3.05, 3.63) is 59.2 Å². The summed E-state index contributed by atoms with van der Waals surface area (Å²) in [5.41, 5.74) is 17.3. The van der Waals surface area contributed by atoms with Crippen LogP contribution in [0.1, 0.15) is 16.7 Å². The van der Waals surface area contributed by atoms with E-state index in [0.717, 1.165) is 22.3 Å². The minimum absolute atomic E-state index is 0.850. The molecule has 0 aromatic heterocycles. The SMILES string of the molecule is Cc1cccc2c1C(N)(N)c1ccccc1-2. The lowest BCUT2D eigenvalue weighted by molar-refractivity contribution is 0.580. The van der Waals surface area contributed by atoms with Gasteiger partial charge < -0.3 is 11.5 Å². The van der Waals surface area contributed by atoms with E-state index in [-0.39, 0.29) is 0 Å². The highest BCUT2D eigenvalue weighted by molar-refractivity contribution is 5.81. The molecule has 0 aliphatic heterocycles. The lowest BCUT2D eigenvalue weighted by atomic mass is 9.95. The zero-order valence-corrected chi connectivity index (χ0v) is 9.20. The van der Waals surface area contributed by atoms with Crippen LogP contribution in [0.4, 0.5) is 0 Å². The molecular weight excluding hydrogens is 196 g/mol.